The average molecular weight is 229 g/mol. The molecule has 17 heavy (non-hydrogen) atoms. The first-order valence-electron chi connectivity index (χ1n) is 5.49. The molecule has 1 aromatic heterocycles. The van der Waals surface area contributed by atoms with Crippen LogP contribution in [0.15, 0.2) is 36.7 Å². The largest absolute Gasteiger partial charge is 0.455 e. The Kier molecular flexibility index (Phi) is 3.40. The fourth-order valence-corrected chi connectivity index (χ4v) is 1.57. The second kappa shape index (κ2) is 4.97. The van der Waals surface area contributed by atoms with Crippen LogP contribution < -0.4 is 4.74 Å². The lowest BCUT2D eigenvalue weighted by Gasteiger charge is -2.11. The van der Waals surface area contributed by atoms with E-state index in [0.717, 1.165) is 22.4 Å². The number of rotatable bonds is 3. The SMILES string of the molecule is Cc1ccc(C)c(Oc2cnccc2CO)c1. The summed E-state index contributed by atoms with van der Waals surface area (Å²) in [6, 6.07) is 7.78. The lowest BCUT2D eigenvalue weighted by molar-refractivity contribution is 0.276. The van der Waals surface area contributed by atoms with E-state index in [2.05, 4.69) is 4.98 Å². The average Bonchev–Trinajstić information content (AvgIpc) is 2.34. The van der Waals surface area contributed by atoms with Crippen LogP contribution >= 0.6 is 0 Å². The summed E-state index contributed by atoms with van der Waals surface area (Å²) >= 11 is 0. The van der Waals surface area contributed by atoms with Gasteiger partial charge in [-0.2, -0.15) is 0 Å². The molecule has 2 rings (SSSR count). The Morgan fingerprint density at radius 1 is 1.18 bits per heavy atom. The molecule has 0 radical (unpaired) electrons. The number of nitrogens with zero attached hydrogens (tertiary/aromatic N) is 1. The molecule has 0 unspecified atom stereocenters. The van der Waals surface area contributed by atoms with Crippen molar-refractivity contribution in [1.82, 2.24) is 4.98 Å². The highest BCUT2D eigenvalue weighted by Crippen LogP contribution is 2.27. The number of aliphatic hydroxyl groups excluding tert-OH is 1. The second-order valence-corrected chi connectivity index (χ2v) is 4.01. The molecule has 0 fully saturated rings. The van der Waals surface area contributed by atoms with Crippen molar-refractivity contribution in [2.45, 2.75) is 20.5 Å². The quantitative estimate of drug-likeness (QED) is 0.879. The highest BCUT2D eigenvalue weighted by molar-refractivity contribution is 5.41. The van der Waals surface area contributed by atoms with Gasteiger partial charge in [-0.3, -0.25) is 4.98 Å². The minimum Gasteiger partial charge on any atom is -0.455 e. The maximum Gasteiger partial charge on any atom is 0.151 e. The smallest absolute Gasteiger partial charge is 0.151 e. The first-order chi connectivity index (χ1) is 8.20. The molecule has 0 amide bonds. The Balaban J connectivity index is 2.34. The van der Waals surface area contributed by atoms with Crippen LogP contribution in [0.25, 0.3) is 0 Å². The molecule has 88 valence electrons. The van der Waals surface area contributed by atoms with Crippen LogP contribution in [0, 0.1) is 13.8 Å². The molecule has 0 saturated heterocycles. The molecule has 0 saturated carbocycles. The van der Waals surface area contributed by atoms with E-state index in [-0.39, 0.29) is 6.61 Å². The summed E-state index contributed by atoms with van der Waals surface area (Å²) < 4.78 is 5.79. The number of pyridine rings is 1. The Labute approximate surface area is 101 Å². The Bertz CT molecular complexity index is 523. The molecule has 0 bridgehead atoms. The number of ether oxygens (including phenoxy) is 1. The van der Waals surface area contributed by atoms with Gasteiger partial charge in [-0.15, -0.1) is 0 Å². The zero-order valence-corrected chi connectivity index (χ0v) is 9.97. The maximum atomic E-state index is 9.21. The molecule has 1 N–H and O–H groups in total. The molecule has 3 heteroatoms. The van der Waals surface area contributed by atoms with E-state index in [0.29, 0.717) is 5.75 Å². The zero-order valence-electron chi connectivity index (χ0n) is 9.97. The minimum absolute atomic E-state index is 0.0529. The van der Waals surface area contributed by atoms with Crippen LogP contribution in [0.5, 0.6) is 11.5 Å². The summed E-state index contributed by atoms with van der Waals surface area (Å²) in [4.78, 5) is 4.01. The lowest BCUT2D eigenvalue weighted by atomic mass is 10.1. The zero-order chi connectivity index (χ0) is 12.3. The molecule has 0 aliphatic rings. The van der Waals surface area contributed by atoms with Crippen molar-refractivity contribution in [2.75, 3.05) is 0 Å². The summed E-state index contributed by atoms with van der Waals surface area (Å²) in [5.74, 6) is 1.40. The van der Waals surface area contributed by atoms with Gasteiger partial charge in [0.15, 0.2) is 5.75 Å². The van der Waals surface area contributed by atoms with Gasteiger partial charge in [0.2, 0.25) is 0 Å². The van der Waals surface area contributed by atoms with Crippen molar-refractivity contribution in [2.24, 2.45) is 0 Å². The van der Waals surface area contributed by atoms with Crippen LogP contribution in [0.3, 0.4) is 0 Å². The van der Waals surface area contributed by atoms with Gasteiger partial charge >= 0.3 is 0 Å². The summed E-state index contributed by atoms with van der Waals surface area (Å²) in [7, 11) is 0. The predicted molar refractivity (Wildman–Crippen MR) is 66.1 cm³/mol. The predicted octanol–water partition coefficient (Wildman–Crippen LogP) is 2.98. The fraction of sp³-hybridized carbons (Fsp3) is 0.214. The third kappa shape index (κ3) is 2.63. The molecular formula is C14H15NO2. The summed E-state index contributed by atoms with van der Waals surface area (Å²) in [6.07, 6.45) is 3.26. The number of aliphatic hydroxyl groups is 1. The van der Waals surface area contributed by atoms with Crippen molar-refractivity contribution < 1.29 is 9.84 Å². The Morgan fingerprint density at radius 2 is 2.00 bits per heavy atom. The molecule has 0 atom stereocenters. The first-order valence-corrected chi connectivity index (χ1v) is 5.49. The molecule has 3 nitrogen and oxygen atoms in total. The van der Waals surface area contributed by atoms with E-state index < -0.39 is 0 Å². The topological polar surface area (TPSA) is 42.4 Å². The van der Waals surface area contributed by atoms with Crippen LogP contribution in [0.4, 0.5) is 0 Å². The van der Waals surface area contributed by atoms with Gasteiger partial charge in [0.25, 0.3) is 0 Å². The van der Waals surface area contributed by atoms with E-state index >= 15 is 0 Å². The Morgan fingerprint density at radius 3 is 2.76 bits per heavy atom. The van der Waals surface area contributed by atoms with E-state index in [1.54, 1.807) is 18.5 Å². The van der Waals surface area contributed by atoms with E-state index in [1.807, 2.05) is 32.0 Å². The molecule has 0 aliphatic carbocycles. The van der Waals surface area contributed by atoms with Crippen LogP contribution in [0.1, 0.15) is 16.7 Å². The second-order valence-electron chi connectivity index (χ2n) is 4.01. The van der Waals surface area contributed by atoms with Gasteiger partial charge in [0.1, 0.15) is 5.75 Å². The van der Waals surface area contributed by atoms with Gasteiger partial charge < -0.3 is 9.84 Å². The van der Waals surface area contributed by atoms with Crippen LogP contribution in [-0.4, -0.2) is 10.1 Å². The maximum absolute atomic E-state index is 9.21. The first kappa shape index (κ1) is 11.6. The standard InChI is InChI=1S/C14H15NO2/c1-10-3-4-11(2)13(7-10)17-14-8-15-6-5-12(14)9-16/h3-8,16H,9H2,1-2H3. The highest BCUT2D eigenvalue weighted by atomic mass is 16.5. The van der Waals surface area contributed by atoms with Crippen LogP contribution in [-0.2, 0) is 6.61 Å². The van der Waals surface area contributed by atoms with Crippen molar-refractivity contribution in [1.29, 1.82) is 0 Å². The van der Waals surface area contributed by atoms with E-state index in [1.165, 1.54) is 0 Å². The molecule has 0 spiro atoms. The Hall–Kier alpha value is -1.87. The van der Waals surface area contributed by atoms with Crippen LogP contribution in [0.2, 0.25) is 0 Å². The van der Waals surface area contributed by atoms with Crippen molar-refractivity contribution >= 4 is 0 Å². The number of aryl methyl sites for hydroxylation is 2. The minimum atomic E-state index is -0.0529. The van der Waals surface area contributed by atoms with Crippen molar-refractivity contribution in [3.05, 3.63) is 53.3 Å². The van der Waals surface area contributed by atoms with Gasteiger partial charge in [-0.25, -0.2) is 0 Å². The van der Waals surface area contributed by atoms with Gasteiger partial charge in [0.05, 0.1) is 12.8 Å². The highest BCUT2D eigenvalue weighted by Gasteiger charge is 2.06. The molecule has 1 aromatic carbocycles. The number of hydrogen-bond acceptors (Lipinski definition) is 3. The molecular weight excluding hydrogens is 214 g/mol. The third-order valence-corrected chi connectivity index (χ3v) is 2.60. The summed E-state index contributed by atoms with van der Waals surface area (Å²) in [5.41, 5.74) is 2.93. The molecule has 1 heterocycles. The van der Waals surface area contributed by atoms with Gasteiger partial charge in [0, 0.05) is 11.8 Å². The monoisotopic (exact) mass is 229 g/mol. The fourth-order valence-electron chi connectivity index (χ4n) is 1.57. The lowest BCUT2D eigenvalue weighted by Crippen LogP contribution is -1.94. The van der Waals surface area contributed by atoms with E-state index in [4.69, 9.17) is 4.74 Å². The number of hydrogen-bond donors (Lipinski definition) is 1. The third-order valence-electron chi connectivity index (χ3n) is 2.60. The summed E-state index contributed by atoms with van der Waals surface area (Å²) in [6.45, 7) is 3.95. The summed E-state index contributed by atoms with van der Waals surface area (Å²) in [5, 5.41) is 9.21. The normalized spacial score (nSPS) is 10.3. The van der Waals surface area contributed by atoms with Crippen molar-refractivity contribution in [3.8, 4) is 11.5 Å². The van der Waals surface area contributed by atoms with E-state index in [9.17, 15) is 5.11 Å². The number of benzene rings is 1. The van der Waals surface area contributed by atoms with Gasteiger partial charge in [-0.1, -0.05) is 12.1 Å². The number of aromatic nitrogens is 1. The van der Waals surface area contributed by atoms with Crippen molar-refractivity contribution in [3.63, 3.8) is 0 Å². The molecule has 0 aliphatic heterocycles. The van der Waals surface area contributed by atoms with Gasteiger partial charge in [-0.05, 0) is 37.1 Å². The molecule has 2 aromatic rings.